The van der Waals surface area contributed by atoms with E-state index in [0.29, 0.717) is 22.4 Å². The molecule has 3 N–H and O–H groups in total. The molecule has 1 aliphatic heterocycles. The molecular weight excluding hydrogens is 446 g/mol. The number of thioether (sulfide) groups is 1. The van der Waals surface area contributed by atoms with Gasteiger partial charge in [0.05, 0.1) is 15.5 Å². The number of nitrogens with two attached hydrogens (primary N) is 1. The molecule has 3 aromatic rings. The van der Waals surface area contributed by atoms with Gasteiger partial charge in [-0.1, -0.05) is 42.5 Å². The normalized spacial score (nSPS) is 16.3. The van der Waals surface area contributed by atoms with Crippen molar-refractivity contribution < 1.29 is 17.9 Å². The standard InChI is InChI=1S/C23H19N3O4S2/c24-32(28,29)20-12-8-18(9-13-20)25-23-26-22(27)21(31-23)14-16-6-10-19(11-7-16)30-15-17-4-2-1-3-5-17/h1-14H,15H2,(H2,24,28,29)(H,25,26,27)/b21-14-. The van der Waals surface area contributed by atoms with Gasteiger partial charge in [0.15, 0.2) is 5.17 Å². The molecule has 0 spiro atoms. The van der Waals surface area contributed by atoms with Crippen LogP contribution in [0.1, 0.15) is 11.1 Å². The van der Waals surface area contributed by atoms with Crippen LogP contribution in [-0.4, -0.2) is 19.5 Å². The molecule has 1 amide bonds. The molecule has 9 heteroatoms. The average Bonchev–Trinajstić information content (AvgIpc) is 3.12. The summed E-state index contributed by atoms with van der Waals surface area (Å²) in [7, 11) is -3.76. The van der Waals surface area contributed by atoms with Gasteiger partial charge in [0.1, 0.15) is 12.4 Å². The number of ether oxygens (including phenoxy) is 1. The average molecular weight is 466 g/mol. The Balaban J connectivity index is 1.41. The maximum absolute atomic E-state index is 12.3. The van der Waals surface area contributed by atoms with Gasteiger partial charge in [-0.25, -0.2) is 18.5 Å². The second-order valence-electron chi connectivity index (χ2n) is 6.86. The van der Waals surface area contributed by atoms with Crippen LogP contribution in [0.4, 0.5) is 5.69 Å². The number of amidine groups is 1. The maximum Gasteiger partial charge on any atom is 0.264 e. The van der Waals surface area contributed by atoms with Crippen LogP contribution in [0, 0.1) is 0 Å². The predicted octanol–water partition coefficient (Wildman–Crippen LogP) is 3.80. The summed E-state index contributed by atoms with van der Waals surface area (Å²) in [5.41, 5.74) is 2.44. The number of aliphatic imine (C=N–C) groups is 1. The van der Waals surface area contributed by atoms with Crippen molar-refractivity contribution in [1.29, 1.82) is 0 Å². The topological polar surface area (TPSA) is 111 Å². The first-order valence-corrected chi connectivity index (χ1v) is 11.9. The van der Waals surface area contributed by atoms with Crippen LogP contribution in [-0.2, 0) is 21.4 Å². The Hall–Kier alpha value is -3.40. The van der Waals surface area contributed by atoms with Crippen LogP contribution < -0.4 is 15.2 Å². The van der Waals surface area contributed by atoms with E-state index in [-0.39, 0.29) is 10.8 Å². The largest absolute Gasteiger partial charge is 0.489 e. The van der Waals surface area contributed by atoms with Crippen molar-refractivity contribution in [3.63, 3.8) is 0 Å². The van der Waals surface area contributed by atoms with Gasteiger partial charge in [0.2, 0.25) is 10.0 Å². The number of hydrogen-bond acceptors (Lipinski definition) is 6. The number of hydrogen-bond donors (Lipinski definition) is 2. The molecule has 1 heterocycles. The van der Waals surface area contributed by atoms with Crippen molar-refractivity contribution in [2.75, 3.05) is 0 Å². The Bertz CT molecular complexity index is 1290. The van der Waals surface area contributed by atoms with E-state index in [1.54, 1.807) is 6.08 Å². The molecule has 0 unspecified atom stereocenters. The Labute approximate surface area is 190 Å². The van der Waals surface area contributed by atoms with Crippen molar-refractivity contribution in [1.82, 2.24) is 5.32 Å². The molecule has 1 fully saturated rings. The quantitative estimate of drug-likeness (QED) is 0.538. The highest BCUT2D eigenvalue weighted by atomic mass is 32.2. The fourth-order valence-corrected chi connectivity index (χ4v) is 4.22. The van der Waals surface area contributed by atoms with Crippen LogP contribution >= 0.6 is 11.8 Å². The van der Waals surface area contributed by atoms with Gasteiger partial charge < -0.3 is 10.1 Å². The monoisotopic (exact) mass is 465 g/mol. The van der Waals surface area contributed by atoms with Gasteiger partial charge >= 0.3 is 0 Å². The van der Waals surface area contributed by atoms with Gasteiger partial charge in [-0.2, -0.15) is 0 Å². The van der Waals surface area contributed by atoms with Crippen molar-refractivity contribution in [3.8, 4) is 5.75 Å². The van der Waals surface area contributed by atoms with E-state index in [4.69, 9.17) is 9.88 Å². The van der Waals surface area contributed by atoms with Crippen LogP contribution in [0.3, 0.4) is 0 Å². The molecule has 7 nitrogen and oxygen atoms in total. The second-order valence-corrected chi connectivity index (χ2v) is 9.46. The van der Waals surface area contributed by atoms with E-state index < -0.39 is 10.0 Å². The van der Waals surface area contributed by atoms with Crippen LogP contribution in [0.5, 0.6) is 5.75 Å². The molecule has 0 aliphatic carbocycles. The van der Waals surface area contributed by atoms with Crippen LogP contribution in [0.15, 0.2) is 93.7 Å². The highest BCUT2D eigenvalue weighted by molar-refractivity contribution is 8.18. The Morgan fingerprint density at radius 2 is 1.66 bits per heavy atom. The number of carbonyl (C=O) groups is 1. The summed E-state index contributed by atoms with van der Waals surface area (Å²) in [6, 6.07) is 23.2. The lowest BCUT2D eigenvalue weighted by atomic mass is 10.2. The number of rotatable bonds is 6. The molecule has 1 aliphatic rings. The minimum atomic E-state index is -3.76. The van der Waals surface area contributed by atoms with Gasteiger partial charge in [-0.05, 0) is 65.4 Å². The van der Waals surface area contributed by atoms with Crippen molar-refractivity contribution >= 4 is 44.6 Å². The molecular formula is C23H19N3O4S2. The first-order chi connectivity index (χ1) is 15.4. The van der Waals surface area contributed by atoms with Gasteiger partial charge in [0, 0.05) is 0 Å². The number of amides is 1. The first-order valence-electron chi connectivity index (χ1n) is 9.56. The third kappa shape index (κ3) is 5.64. The molecule has 0 aromatic heterocycles. The summed E-state index contributed by atoms with van der Waals surface area (Å²) in [5.74, 6) is 0.490. The summed E-state index contributed by atoms with van der Waals surface area (Å²) in [6.45, 7) is 0.484. The van der Waals surface area contributed by atoms with E-state index in [1.807, 2.05) is 54.6 Å². The lowest BCUT2D eigenvalue weighted by molar-refractivity contribution is -0.115. The highest BCUT2D eigenvalue weighted by Gasteiger charge is 2.23. The molecule has 3 aromatic carbocycles. The lowest BCUT2D eigenvalue weighted by Gasteiger charge is -2.06. The molecule has 162 valence electrons. The summed E-state index contributed by atoms with van der Waals surface area (Å²) >= 11 is 1.21. The fourth-order valence-electron chi connectivity index (χ4n) is 2.86. The van der Waals surface area contributed by atoms with Gasteiger partial charge in [0.25, 0.3) is 5.91 Å². The Morgan fingerprint density at radius 3 is 2.31 bits per heavy atom. The summed E-state index contributed by atoms with van der Waals surface area (Å²) < 4.78 is 28.5. The Kier molecular flexibility index (Phi) is 6.40. The summed E-state index contributed by atoms with van der Waals surface area (Å²) in [5, 5.41) is 8.21. The Morgan fingerprint density at radius 1 is 0.969 bits per heavy atom. The van der Waals surface area contributed by atoms with E-state index in [9.17, 15) is 13.2 Å². The number of nitrogens with one attached hydrogen (secondary N) is 1. The smallest absolute Gasteiger partial charge is 0.264 e. The van der Waals surface area contributed by atoms with E-state index in [2.05, 4.69) is 10.3 Å². The van der Waals surface area contributed by atoms with E-state index in [1.165, 1.54) is 36.0 Å². The minimum Gasteiger partial charge on any atom is -0.489 e. The van der Waals surface area contributed by atoms with Gasteiger partial charge in [-0.15, -0.1) is 0 Å². The minimum absolute atomic E-state index is 0.00124. The number of nitrogens with zero attached hydrogens (tertiary/aromatic N) is 1. The third-order valence-electron chi connectivity index (χ3n) is 4.47. The van der Waals surface area contributed by atoms with Crippen LogP contribution in [0.25, 0.3) is 6.08 Å². The zero-order chi connectivity index (χ0) is 22.6. The highest BCUT2D eigenvalue weighted by Crippen LogP contribution is 2.28. The SMILES string of the molecule is NS(=O)(=O)c1ccc(N=C2NC(=O)/C(=C/c3ccc(OCc4ccccc4)cc3)S2)cc1. The maximum atomic E-state index is 12.3. The lowest BCUT2D eigenvalue weighted by Crippen LogP contribution is -2.19. The van der Waals surface area contributed by atoms with Crippen molar-refractivity contribution in [2.45, 2.75) is 11.5 Å². The number of carbonyl (C=O) groups excluding carboxylic acids is 1. The predicted molar refractivity (Wildman–Crippen MR) is 126 cm³/mol. The van der Waals surface area contributed by atoms with Crippen LogP contribution in [0.2, 0.25) is 0 Å². The molecule has 1 saturated heterocycles. The molecule has 0 saturated carbocycles. The zero-order valence-electron chi connectivity index (χ0n) is 16.8. The number of primary sulfonamides is 1. The first kappa shape index (κ1) is 21.8. The molecule has 0 bridgehead atoms. The molecule has 4 rings (SSSR count). The number of sulfonamides is 1. The van der Waals surface area contributed by atoms with Gasteiger partial charge in [-0.3, -0.25) is 4.79 Å². The zero-order valence-corrected chi connectivity index (χ0v) is 18.4. The van der Waals surface area contributed by atoms with Crippen molar-refractivity contribution in [3.05, 3.63) is 94.9 Å². The fraction of sp³-hybridized carbons (Fsp3) is 0.0435. The third-order valence-corrected chi connectivity index (χ3v) is 6.31. The second kappa shape index (κ2) is 9.39. The number of benzene rings is 3. The molecule has 0 radical (unpaired) electrons. The molecule has 32 heavy (non-hydrogen) atoms. The van der Waals surface area contributed by atoms with E-state index in [0.717, 1.165) is 16.9 Å². The van der Waals surface area contributed by atoms with E-state index >= 15 is 0 Å². The van der Waals surface area contributed by atoms with Crippen molar-refractivity contribution in [2.24, 2.45) is 10.1 Å². The summed E-state index contributed by atoms with van der Waals surface area (Å²) in [4.78, 5) is 17.1. The summed E-state index contributed by atoms with van der Waals surface area (Å²) in [6.07, 6.45) is 1.77. The molecule has 0 atom stereocenters.